The van der Waals surface area contributed by atoms with Crippen LogP contribution in [0.4, 0.5) is 11.7 Å². The molecule has 2 N–H and O–H groups in total. The number of hydrogen-bond donors (Lipinski definition) is 1. The number of oxazole rings is 1. The van der Waals surface area contributed by atoms with Gasteiger partial charge in [0.25, 0.3) is 6.01 Å². The number of nitrogens with two attached hydrogens (primary N) is 1. The Bertz CT molecular complexity index is 535. The second-order valence-electron chi connectivity index (χ2n) is 5.92. The van der Waals surface area contributed by atoms with Gasteiger partial charge in [0.2, 0.25) is 0 Å². The van der Waals surface area contributed by atoms with Crippen LogP contribution in [-0.4, -0.2) is 18.1 Å². The van der Waals surface area contributed by atoms with E-state index in [1.54, 1.807) is 0 Å². The van der Waals surface area contributed by atoms with Gasteiger partial charge in [0.15, 0.2) is 5.58 Å². The fourth-order valence-corrected chi connectivity index (χ4v) is 2.18. The zero-order valence-electron chi connectivity index (χ0n) is 12.2. The highest BCUT2D eigenvalue weighted by Crippen LogP contribution is 2.24. The maximum absolute atomic E-state index is 5.85. The van der Waals surface area contributed by atoms with E-state index in [-0.39, 0.29) is 0 Å². The molecule has 1 aromatic heterocycles. The van der Waals surface area contributed by atoms with Crippen LogP contribution in [0.1, 0.15) is 27.7 Å². The van der Waals surface area contributed by atoms with E-state index in [9.17, 15) is 0 Å². The van der Waals surface area contributed by atoms with Crippen LogP contribution in [0, 0.1) is 11.8 Å². The maximum atomic E-state index is 5.85. The lowest BCUT2D eigenvalue weighted by molar-refractivity contribution is 0.495. The SMILES string of the molecule is CC(C)CN(CC(C)C)c1nc2cc(N)ccc2o1. The normalized spacial score (nSPS) is 11.7. The third kappa shape index (κ3) is 3.40. The minimum absolute atomic E-state index is 0.568. The van der Waals surface area contributed by atoms with Gasteiger partial charge >= 0.3 is 0 Å². The third-order valence-corrected chi connectivity index (χ3v) is 2.84. The number of nitrogens with zero attached hydrogens (tertiary/aromatic N) is 2. The fraction of sp³-hybridized carbons (Fsp3) is 0.533. The molecule has 0 saturated heterocycles. The molecule has 0 spiro atoms. The van der Waals surface area contributed by atoms with Crippen LogP contribution in [0.3, 0.4) is 0 Å². The summed E-state index contributed by atoms with van der Waals surface area (Å²) in [5.74, 6) is 1.14. The Labute approximate surface area is 114 Å². The van der Waals surface area contributed by atoms with Crippen molar-refractivity contribution in [3.05, 3.63) is 18.2 Å². The number of rotatable bonds is 5. The van der Waals surface area contributed by atoms with Crippen LogP contribution in [-0.2, 0) is 0 Å². The van der Waals surface area contributed by atoms with Gasteiger partial charge in [-0.05, 0) is 30.0 Å². The van der Waals surface area contributed by atoms with Crippen LogP contribution in [0.2, 0.25) is 0 Å². The lowest BCUT2D eigenvalue weighted by Gasteiger charge is -2.24. The highest BCUT2D eigenvalue weighted by molar-refractivity contribution is 5.78. The number of aromatic nitrogens is 1. The zero-order valence-corrected chi connectivity index (χ0v) is 12.2. The quantitative estimate of drug-likeness (QED) is 0.837. The Kier molecular flexibility index (Phi) is 3.98. The molecule has 19 heavy (non-hydrogen) atoms. The van der Waals surface area contributed by atoms with Crippen molar-refractivity contribution in [3.8, 4) is 0 Å². The van der Waals surface area contributed by atoms with Crippen molar-refractivity contribution in [2.24, 2.45) is 11.8 Å². The lowest BCUT2D eigenvalue weighted by Crippen LogP contribution is -2.31. The van der Waals surface area contributed by atoms with Crippen molar-refractivity contribution >= 4 is 22.8 Å². The molecule has 1 aromatic carbocycles. The average molecular weight is 261 g/mol. The van der Waals surface area contributed by atoms with Crippen molar-refractivity contribution in [1.29, 1.82) is 0 Å². The third-order valence-electron chi connectivity index (χ3n) is 2.84. The number of hydrogen-bond acceptors (Lipinski definition) is 4. The standard InChI is InChI=1S/C15H23N3O/c1-10(2)8-18(9-11(3)4)15-17-13-7-12(16)5-6-14(13)19-15/h5-7,10-11H,8-9,16H2,1-4H3. The number of fused-ring (bicyclic) bond motifs is 1. The molecule has 0 fully saturated rings. The molecule has 0 saturated carbocycles. The summed E-state index contributed by atoms with van der Waals surface area (Å²) in [7, 11) is 0. The molecular formula is C15H23N3O. The number of anilines is 2. The maximum Gasteiger partial charge on any atom is 0.298 e. The van der Waals surface area contributed by atoms with Crippen LogP contribution in [0.15, 0.2) is 22.6 Å². The molecule has 0 aliphatic carbocycles. The van der Waals surface area contributed by atoms with E-state index in [1.165, 1.54) is 0 Å². The smallest absolute Gasteiger partial charge is 0.298 e. The molecule has 0 aliphatic rings. The molecule has 0 bridgehead atoms. The molecule has 0 aliphatic heterocycles. The highest BCUT2D eigenvalue weighted by atomic mass is 16.4. The van der Waals surface area contributed by atoms with E-state index in [4.69, 9.17) is 10.2 Å². The van der Waals surface area contributed by atoms with Gasteiger partial charge < -0.3 is 15.1 Å². The highest BCUT2D eigenvalue weighted by Gasteiger charge is 2.16. The average Bonchev–Trinajstić information content (AvgIpc) is 2.69. The lowest BCUT2D eigenvalue weighted by atomic mass is 10.1. The van der Waals surface area contributed by atoms with Gasteiger partial charge in [-0.2, -0.15) is 4.98 Å². The molecular weight excluding hydrogens is 238 g/mol. The molecule has 4 nitrogen and oxygen atoms in total. The topological polar surface area (TPSA) is 55.3 Å². The van der Waals surface area contributed by atoms with E-state index >= 15 is 0 Å². The van der Waals surface area contributed by atoms with Gasteiger partial charge in [-0.25, -0.2) is 0 Å². The van der Waals surface area contributed by atoms with Gasteiger partial charge in [0.05, 0.1) is 0 Å². The van der Waals surface area contributed by atoms with E-state index < -0.39 is 0 Å². The molecule has 0 unspecified atom stereocenters. The summed E-state index contributed by atoms with van der Waals surface area (Å²) in [5, 5.41) is 0. The van der Waals surface area contributed by atoms with Crippen molar-refractivity contribution in [3.63, 3.8) is 0 Å². The molecule has 2 rings (SSSR count). The van der Waals surface area contributed by atoms with Crippen molar-refractivity contribution in [2.45, 2.75) is 27.7 Å². The first-order valence-corrected chi connectivity index (χ1v) is 6.86. The van der Waals surface area contributed by atoms with Gasteiger partial charge in [-0.3, -0.25) is 0 Å². The molecule has 104 valence electrons. The first-order chi connectivity index (χ1) is 8.95. The second kappa shape index (κ2) is 5.51. The second-order valence-corrected chi connectivity index (χ2v) is 5.92. The summed E-state index contributed by atoms with van der Waals surface area (Å²) in [5.41, 5.74) is 8.11. The summed E-state index contributed by atoms with van der Waals surface area (Å²) in [4.78, 5) is 6.77. The largest absolute Gasteiger partial charge is 0.423 e. The van der Waals surface area contributed by atoms with E-state index in [2.05, 4.69) is 37.6 Å². The Balaban J connectivity index is 2.32. The summed E-state index contributed by atoms with van der Waals surface area (Å²) in [6.45, 7) is 10.7. The Morgan fingerprint density at radius 1 is 1.16 bits per heavy atom. The Hall–Kier alpha value is -1.71. The first kappa shape index (κ1) is 13.7. The van der Waals surface area contributed by atoms with Crippen molar-refractivity contribution in [1.82, 2.24) is 4.98 Å². The van der Waals surface area contributed by atoms with E-state index in [0.29, 0.717) is 23.5 Å². The molecule has 0 amide bonds. The Morgan fingerprint density at radius 3 is 2.37 bits per heavy atom. The van der Waals surface area contributed by atoms with Crippen LogP contribution in [0.5, 0.6) is 0 Å². The van der Waals surface area contributed by atoms with Crippen molar-refractivity contribution in [2.75, 3.05) is 23.7 Å². The molecule has 0 atom stereocenters. The predicted octanol–water partition coefficient (Wildman–Crippen LogP) is 3.53. The predicted molar refractivity (Wildman–Crippen MR) is 80.3 cm³/mol. The fourth-order valence-electron chi connectivity index (χ4n) is 2.18. The van der Waals surface area contributed by atoms with Gasteiger partial charge in [0, 0.05) is 18.8 Å². The zero-order chi connectivity index (χ0) is 14.0. The Morgan fingerprint density at radius 2 is 1.79 bits per heavy atom. The monoisotopic (exact) mass is 261 g/mol. The molecule has 2 aromatic rings. The first-order valence-electron chi connectivity index (χ1n) is 6.86. The minimum atomic E-state index is 0.568. The summed E-state index contributed by atoms with van der Waals surface area (Å²) in [6, 6.07) is 6.27. The molecule has 4 heteroatoms. The van der Waals surface area contributed by atoms with Gasteiger partial charge in [0.1, 0.15) is 5.52 Å². The number of nitrogen functional groups attached to an aromatic ring is 1. The molecule has 1 heterocycles. The number of benzene rings is 1. The van der Waals surface area contributed by atoms with Crippen molar-refractivity contribution < 1.29 is 4.42 Å². The summed E-state index contributed by atoms with van der Waals surface area (Å²) < 4.78 is 5.85. The van der Waals surface area contributed by atoms with Gasteiger partial charge in [-0.15, -0.1) is 0 Å². The summed E-state index contributed by atoms with van der Waals surface area (Å²) >= 11 is 0. The van der Waals surface area contributed by atoms with Crippen LogP contribution in [0.25, 0.3) is 11.1 Å². The van der Waals surface area contributed by atoms with E-state index in [1.807, 2.05) is 18.2 Å². The molecule has 0 radical (unpaired) electrons. The minimum Gasteiger partial charge on any atom is -0.423 e. The van der Waals surface area contributed by atoms with E-state index in [0.717, 1.165) is 24.2 Å². The summed E-state index contributed by atoms with van der Waals surface area (Å²) in [6.07, 6.45) is 0. The van der Waals surface area contributed by atoms with Crippen LogP contribution >= 0.6 is 0 Å². The van der Waals surface area contributed by atoms with Gasteiger partial charge in [-0.1, -0.05) is 27.7 Å². The van der Waals surface area contributed by atoms with Crippen LogP contribution < -0.4 is 10.6 Å².